The van der Waals surface area contributed by atoms with Crippen LogP contribution in [0.25, 0.3) is 11.5 Å². The molecule has 0 saturated carbocycles. The lowest BCUT2D eigenvalue weighted by Gasteiger charge is -2.26. The van der Waals surface area contributed by atoms with Crippen LogP contribution in [0, 0.1) is 6.92 Å². The number of oxazole rings is 1. The summed E-state index contributed by atoms with van der Waals surface area (Å²) < 4.78 is 16.8. The van der Waals surface area contributed by atoms with E-state index in [0.717, 1.165) is 35.5 Å². The maximum absolute atomic E-state index is 13.2. The maximum Gasteiger partial charge on any atom is 0.229 e. The van der Waals surface area contributed by atoms with Crippen LogP contribution in [0.2, 0.25) is 0 Å². The molecule has 1 amide bonds. The molecule has 1 saturated heterocycles. The molecule has 0 aliphatic carbocycles. The fourth-order valence-corrected chi connectivity index (χ4v) is 4.03. The average molecular weight is 406 g/mol. The third-order valence-corrected chi connectivity index (χ3v) is 5.60. The first-order valence-corrected chi connectivity index (χ1v) is 10.1. The summed E-state index contributed by atoms with van der Waals surface area (Å²) in [5.41, 5.74) is 2.56. The molecule has 0 bridgehead atoms. The smallest absolute Gasteiger partial charge is 0.229 e. The molecule has 1 aliphatic rings. The number of methoxy groups -OCH3 is 2. The van der Waals surface area contributed by atoms with Crippen LogP contribution < -0.4 is 9.47 Å². The molecule has 0 unspecified atom stereocenters. The number of nitrogens with zero attached hydrogens (tertiary/aromatic N) is 2. The van der Waals surface area contributed by atoms with Crippen molar-refractivity contribution in [2.75, 3.05) is 20.8 Å². The van der Waals surface area contributed by atoms with E-state index < -0.39 is 0 Å². The van der Waals surface area contributed by atoms with Crippen molar-refractivity contribution in [2.45, 2.75) is 32.2 Å². The van der Waals surface area contributed by atoms with Gasteiger partial charge in [-0.1, -0.05) is 18.2 Å². The van der Waals surface area contributed by atoms with Crippen LogP contribution in [-0.4, -0.2) is 36.6 Å². The SMILES string of the molecule is COc1ccc(OC)c([C@H]2CCCN2C(=O)Cc2nc(-c3ccccc3)oc2C)c1. The summed E-state index contributed by atoms with van der Waals surface area (Å²) in [6.45, 7) is 2.57. The van der Waals surface area contributed by atoms with Gasteiger partial charge in [0, 0.05) is 17.7 Å². The van der Waals surface area contributed by atoms with E-state index in [1.165, 1.54) is 0 Å². The van der Waals surface area contributed by atoms with Gasteiger partial charge >= 0.3 is 0 Å². The number of carbonyl (C=O) groups excluding carboxylic acids is 1. The highest BCUT2D eigenvalue weighted by molar-refractivity contribution is 5.79. The van der Waals surface area contributed by atoms with E-state index in [-0.39, 0.29) is 18.4 Å². The highest BCUT2D eigenvalue weighted by Gasteiger charge is 2.33. The second kappa shape index (κ2) is 8.61. The van der Waals surface area contributed by atoms with Gasteiger partial charge < -0.3 is 18.8 Å². The van der Waals surface area contributed by atoms with Crippen molar-refractivity contribution < 1.29 is 18.7 Å². The normalized spacial score (nSPS) is 16.0. The minimum Gasteiger partial charge on any atom is -0.497 e. The summed E-state index contributed by atoms with van der Waals surface area (Å²) in [4.78, 5) is 19.7. The first-order chi connectivity index (χ1) is 14.6. The molecule has 6 nitrogen and oxygen atoms in total. The van der Waals surface area contributed by atoms with Crippen molar-refractivity contribution in [3.05, 3.63) is 65.5 Å². The van der Waals surface area contributed by atoms with Crippen molar-refractivity contribution >= 4 is 5.91 Å². The van der Waals surface area contributed by atoms with Crippen LogP contribution in [0.4, 0.5) is 0 Å². The highest BCUT2D eigenvalue weighted by Crippen LogP contribution is 2.39. The highest BCUT2D eigenvalue weighted by atomic mass is 16.5. The number of carbonyl (C=O) groups is 1. The van der Waals surface area contributed by atoms with Crippen LogP contribution >= 0.6 is 0 Å². The predicted molar refractivity (Wildman–Crippen MR) is 114 cm³/mol. The zero-order valence-electron chi connectivity index (χ0n) is 17.6. The molecular formula is C24H26N2O4. The summed E-state index contributed by atoms with van der Waals surface area (Å²) >= 11 is 0. The number of hydrogen-bond acceptors (Lipinski definition) is 5. The molecule has 1 fully saturated rings. The van der Waals surface area contributed by atoms with E-state index in [4.69, 9.17) is 13.9 Å². The first-order valence-electron chi connectivity index (χ1n) is 10.1. The Morgan fingerprint density at radius 3 is 2.70 bits per heavy atom. The summed E-state index contributed by atoms with van der Waals surface area (Å²) in [6.07, 6.45) is 2.05. The van der Waals surface area contributed by atoms with Crippen molar-refractivity contribution in [1.82, 2.24) is 9.88 Å². The van der Waals surface area contributed by atoms with Crippen LogP contribution in [0.1, 0.15) is 35.9 Å². The second-order valence-electron chi connectivity index (χ2n) is 7.42. The molecule has 30 heavy (non-hydrogen) atoms. The van der Waals surface area contributed by atoms with Crippen molar-refractivity contribution in [3.63, 3.8) is 0 Å². The fraction of sp³-hybridized carbons (Fsp3) is 0.333. The Hall–Kier alpha value is -3.28. The number of benzene rings is 2. The van der Waals surface area contributed by atoms with E-state index in [0.29, 0.717) is 23.9 Å². The van der Waals surface area contributed by atoms with Crippen LogP contribution in [0.3, 0.4) is 0 Å². The van der Waals surface area contributed by atoms with E-state index >= 15 is 0 Å². The molecule has 156 valence electrons. The Bertz CT molecular complexity index is 1030. The van der Waals surface area contributed by atoms with Gasteiger partial charge in [0.2, 0.25) is 11.8 Å². The van der Waals surface area contributed by atoms with E-state index in [1.807, 2.05) is 60.4 Å². The Morgan fingerprint density at radius 1 is 1.17 bits per heavy atom. The molecule has 1 aliphatic heterocycles. The Balaban J connectivity index is 1.56. The van der Waals surface area contributed by atoms with Crippen molar-refractivity contribution in [1.29, 1.82) is 0 Å². The minimum absolute atomic E-state index is 0.0386. The number of amides is 1. The molecule has 2 heterocycles. The van der Waals surface area contributed by atoms with E-state index in [9.17, 15) is 4.79 Å². The van der Waals surface area contributed by atoms with Gasteiger partial charge in [0.15, 0.2) is 0 Å². The van der Waals surface area contributed by atoms with Crippen LogP contribution in [-0.2, 0) is 11.2 Å². The van der Waals surface area contributed by atoms with Crippen molar-refractivity contribution in [2.24, 2.45) is 0 Å². The zero-order chi connectivity index (χ0) is 21.1. The molecule has 2 aromatic carbocycles. The number of hydrogen-bond donors (Lipinski definition) is 0. The topological polar surface area (TPSA) is 64.8 Å². The van der Waals surface area contributed by atoms with Gasteiger partial charge in [0.1, 0.15) is 17.3 Å². The molecule has 1 aromatic heterocycles. The van der Waals surface area contributed by atoms with E-state index in [1.54, 1.807) is 14.2 Å². The lowest BCUT2D eigenvalue weighted by molar-refractivity contribution is -0.131. The van der Waals surface area contributed by atoms with Gasteiger partial charge in [-0.15, -0.1) is 0 Å². The second-order valence-corrected chi connectivity index (χ2v) is 7.42. The predicted octanol–water partition coefficient (Wildman–Crippen LogP) is 4.57. The van der Waals surface area contributed by atoms with Gasteiger partial charge in [-0.25, -0.2) is 4.98 Å². The number of rotatable bonds is 6. The Morgan fingerprint density at radius 2 is 1.97 bits per heavy atom. The fourth-order valence-electron chi connectivity index (χ4n) is 4.03. The minimum atomic E-state index is -0.0386. The van der Waals surface area contributed by atoms with Gasteiger partial charge in [0.25, 0.3) is 0 Å². The largest absolute Gasteiger partial charge is 0.497 e. The zero-order valence-corrected chi connectivity index (χ0v) is 17.6. The quantitative estimate of drug-likeness (QED) is 0.600. The number of likely N-dealkylation sites (tertiary alicyclic amines) is 1. The van der Waals surface area contributed by atoms with Crippen LogP contribution in [0.5, 0.6) is 11.5 Å². The molecule has 0 radical (unpaired) electrons. The molecule has 0 N–H and O–H groups in total. The molecule has 6 heteroatoms. The van der Waals surface area contributed by atoms with E-state index in [2.05, 4.69) is 4.98 Å². The van der Waals surface area contributed by atoms with Gasteiger partial charge in [-0.3, -0.25) is 4.79 Å². The number of aromatic nitrogens is 1. The molecular weight excluding hydrogens is 380 g/mol. The van der Waals surface area contributed by atoms with Gasteiger partial charge in [0.05, 0.1) is 32.4 Å². The third-order valence-electron chi connectivity index (χ3n) is 5.60. The maximum atomic E-state index is 13.2. The van der Waals surface area contributed by atoms with Crippen LogP contribution in [0.15, 0.2) is 52.9 Å². The lowest BCUT2D eigenvalue weighted by Crippen LogP contribution is -2.32. The summed E-state index contributed by atoms with van der Waals surface area (Å²) in [5, 5.41) is 0. The molecule has 4 rings (SSSR count). The number of ether oxygens (including phenoxy) is 2. The first kappa shape index (κ1) is 20.0. The third kappa shape index (κ3) is 3.90. The van der Waals surface area contributed by atoms with Crippen molar-refractivity contribution in [3.8, 4) is 23.0 Å². The summed E-state index contributed by atoms with van der Waals surface area (Å²) in [7, 11) is 3.29. The Kier molecular flexibility index (Phi) is 5.74. The summed E-state index contributed by atoms with van der Waals surface area (Å²) in [5.74, 6) is 2.79. The number of aryl methyl sites for hydroxylation is 1. The summed E-state index contributed by atoms with van der Waals surface area (Å²) in [6, 6.07) is 15.4. The average Bonchev–Trinajstić information content (AvgIpc) is 3.41. The lowest BCUT2D eigenvalue weighted by atomic mass is 10.0. The van der Waals surface area contributed by atoms with Gasteiger partial charge in [-0.05, 0) is 50.1 Å². The monoisotopic (exact) mass is 406 g/mol. The Labute approximate surface area is 176 Å². The standard InChI is InChI=1S/C24H26N2O4/c1-16-20(25-24(30-16)17-8-5-4-6-9-17)15-23(27)26-13-7-10-21(26)19-14-18(28-2)11-12-22(19)29-3/h4-6,8-9,11-12,14,21H,7,10,13,15H2,1-3H3/t21-/m1/s1. The molecule has 3 aromatic rings. The van der Waals surface area contributed by atoms with Gasteiger partial charge in [-0.2, -0.15) is 0 Å². The molecule has 0 spiro atoms. The molecule has 1 atom stereocenters.